The third kappa shape index (κ3) is 4.23. The van der Waals surface area contributed by atoms with Gasteiger partial charge in [-0.3, -0.25) is 9.48 Å². The number of carbonyl (C=O) groups is 1. The number of anilines is 3. The number of rotatable bonds is 6. The molecule has 1 fully saturated rings. The van der Waals surface area contributed by atoms with Crippen molar-refractivity contribution in [2.24, 2.45) is 0 Å². The van der Waals surface area contributed by atoms with Gasteiger partial charge in [0.1, 0.15) is 6.54 Å². The van der Waals surface area contributed by atoms with Gasteiger partial charge in [0, 0.05) is 31.2 Å². The fraction of sp³-hybridized carbons (Fsp3) is 0.286. The van der Waals surface area contributed by atoms with Crippen LogP contribution in [0.5, 0.6) is 0 Å². The van der Waals surface area contributed by atoms with Crippen LogP contribution in [-0.4, -0.2) is 66.6 Å². The van der Waals surface area contributed by atoms with Gasteiger partial charge in [0.05, 0.1) is 43.2 Å². The zero-order chi connectivity index (χ0) is 21.9. The van der Waals surface area contributed by atoms with Crippen molar-refractivity contribution < 1.29 is 9.53 Å². The van der Waals surface area contributed by atoms with E-state index in [1.54, 1.807) is 39.1 Å². The molecule has 1 saturated heterocycles. The standard InChI is InChI=1S/C21H23N9O2/c22-18-4-2-1-3-15(18)12-30-20-16(10-25-30)9-23-21(27-20)26-17-11-24-29(13-17)14-19(31)28-5-7-32-8-6-28/h1-4,9-11,13H,5-8,12,14,22H2,(H,23,26,27). The van der Waals surface area contributed by atoms with Crippen LogP contribution in [0.4, 0.5) is 17.3 Å². The molecule has 0 bridgehead atoms. The van der Waals surface area contributed by atoms with Crippen molar-refractivity contribution in [3.8, 4) is 0 Å². The second-order valence-electron chi connectivity index (χ2n) is 7.52. The highest BCUT2D eigenvalue weighted by Crippen LogP contribution is 2.19. The molecule has 0 radical (unpaired) electrons. The first-order chi connectivity index (χ1) is 15.7. The molecule has 1 amide bonds. The van der Waals surface area contributed by atoms with Gasteiger partial charge in [-0.15, -0.1) is 0 Å². The molecule has 3 N–H and O–H groups in total. The van der Waals surface area contributed by atoms with Gasteiger partial charge in [0.25, 0.3) is 0 Å². The quantitative estimate of drug-likeness (QED) is 0.435. The molecule has 0 saturated carbocycles. The van der Waals surface area contributed by atoms with Crippen LogP contribution in [0.3, 0.4) is 0 Å². The number of fused-ring (bicyclic) bond motifs is 1. The number of nitrogens with one attached hydrogen (secondary N) is 1. The maximum absolute atomic E-state index is 12.4. The van der Waals surface area contributed by atoms with E-state index in [1.807, 2.05) is 24.3 Å². The number of carbonyl (C=O) groups excluding carboxylic acids is 1. The largest absolute Gasteiger partial charge is 0.398 e. The average Bonchev–Trinajstić information content (AvgIpc) is 3.42. The number of para-hydroxylation sites is 1. The normalized spacial score (nSPS) is 14.1. The molecule has 0 unspecified atom stereocenters. The first kappa shape index (κ1) is 19.9. The number of ether oxygens (including phenoxy) is 1. The highest BCUT2D eigenvalue weighted by Gasteiger charge is 2.17. The Hall–Kier alpha value is -3.99. The van der Waals surface area contributed by atoms with Gasteiger partial charge in [-0.05, 0) is 11.6 Å². The lowest BCUT2D eigenvalue weighted by Gasteiger charge is -2.26. The summed E-state index contributed by atoms with van der Waals surface area (Å²) >= 11 is 0. The van der Waals surface area contributed by atoms with Crippen LogP contribution in [-0.2, 0) is 22.6 Å². The SMILES string of the molecule is Nc1ccccc1Cn1ncc2cnc(Nc3cnn(CC(=O)N4CCOCC4)c3)nc21. The average molecular weight is 433 g/mol. The van der Waals surface area contributed by atoms with Crippen molar-refractivity contribution in [3.05, 3.63) is 54.6 Å². The molecule has 3 aromatic heterocycles. The van der Waals surface area contributed by atoms with Gasteiger partial charge in [-0.1, -0.05) is 18.2 Å². The van der Waals surface area contributed by atoms with E-state index in [9.17, 15) is 4.79 Å². The smallest absolute Gasteiger partial charge is 0.244 e. The third-order valence-corrected chi connectivity index (χ3v) is 5.30. The van der Waals surface area contributed by atoms with E-state index in [2.05, 4.69) is 25.5 Å². The lowest BCUT2D eigenvalue weighted by molar-refractivity contribution is -0.136. The van der Waals surface area contributed by atoms with Crippen LogP contribution < -0.4 is 11.1 Å². The Bertz CT molecular complexity index is 1240. The van der Waals surface area contributed by atoms with E-state index in [4.69, 9.17) is 10.5 Å². The Morgan fingerprint density at radius 3 is 2.81 bits per heavy atom. The topological polar surface area (TPSA) is 129 Å². The summed E-state index contributed by atoms with van der Waals surface area (Å²) in [5.41, 5.74) is 9.14. The number of nitrogens with zero attached hydrogens (tertiary/aromatic N) is 7. The summed E-state index contributed by atoms with van der Waals surface area (Å²) in [6, 6.07) is 7.68. The zero-order valence-corrected chi connectivity index (χ0v) is 17.4. The van der Waals surface area contributed by atoms with Gasteiger partial charge in [0.15, 0.2) is 5.65 Å². The minimum atomic E-state index is 0.0182. The molecular formula is C21H23N9O2. The van der Waals surface area contributed by atoms with E-state index in [0.717, 1.165) is 10.9 Å². The summed E-state index contributed by atoms with van der Waals surface area (Å²) in [4.78, 5) is 23.2. The molecule has 1 aliphatic rings. The molecule has 5 rings (SSSR count). The number of benzene rings is 1. The fourth-order valence-corrected chi connectivity index (χ4v) is 3.58. The van der Waals surface area contributed by atoms with Crippen LogP contribution in [0.15, 0.2) is 49.1 Å². The first-order valence-electron chi connectivity index (χ1n) is 10.3. The number of hydrogen-bond donors (Lipinski definition) is 2. The van der Waals surface area contributed by atoms with E-state index in [0.29, 0.717) is 55.8 Å². The molecule has 0 atom stereocenters. The molecule has 0 aliphatic carbocycles. The van der Waals surface area contributed by atoms with Crippen molar-refractivity contribution >= 4 is 34.3 Å². The monoisotopic (exact) mass is 433 g/mol. The van der Waals surface area contributed by atoms with Crippen LogP contribution >= 0.6 is 0 Å². The number of hydrogen-bond acceptors (Lipinski definition) is 8. The summed E-state index contributed by atoms with van der Waals surface area (Å²) in [5.74, 6) is 0.434. The summed E-state index contributed by atoms with van der Waals surface area (Å²) in [5, 5.41) is 12.7. The van der Waals surface area contributed by atoms with Crippen molar-refractivity contribution in [1.82, 2.24) is 34.4 Å². The number of morpholine rings is 1. The Balaban J connectivity index is 1.29. The Kier molecular flexibility index (Phi) is 5.38. The highest BCUT2D eigenvalue weighted by molar-refractivity contribution is 5.76. The minimum absolute atomic E-state index is 0.0182. The maximum atomic E-state index is 12.4. The van der Waals surface area contributed by atoms with Crippen molar-refractivity contribution in [1.29, 1.82) is 0 Å². The molecule has 11 heteroatoms. The summed E-state index contributed by atoms with van der Waals surface area (Å²) < 4.78 is 8.68. The summed E-state index contributed by atoms with van der Waals surface area (Å²) in [6.07, 6.45) is 6.85. The van der Waals surface area contributed by atoms with Crippen LogP contribution in [0.25, 0.3) is 11.0 Å². The zero-order valence-electron chi connectivity index (χ0n) is 17.4. The molecule has 1 aromatic carbocycles. The highest BCUT2D eigenvalue weighted by atomic mass is 16.5. The second kappa shape index (κ2) is 8.63. The predicted molar refractivity (Wildman–Crippen MR) is 118 cm³/mol. The Morgan fingerprint density at radius 2 is 1.97 bits per heavy atom. The van der Waals surface area contributed by atoms with Gasteiger partial charge in [-0.25, -0.2) is 9.67 Å². The van der Waals surface area contributed by atoms with Crippen molar-refractivity contribution in [3.63, 3.8) is 0 Å². The van der Waals surface area contributed by atoms with E-state index in [-0.39, 0.29) is 12.5 Å². The molecule has 11 nitrogen and oxygen atoms in total. The number of amides is 1. The number of nitrogen functional groups attached to an aromatic ring is 1. The van der Waals surface area contributed by atoms with E-state index >= 15 is 0 Å². The van der Waals surface area contributed by atoms with Crippen LogP contribution in [0, 0.1) is 0 Å². The van der Waals surface area contributed by atoms with E-state index in [1.165, 1.54) is 0 Å². The van der Waals surface area contributed by atoms with Gasteiger partial charge < -0.3 is 20.7 Å². The predicted octanol–water partition coefficient (Wildman–Crippen LogP) is 1.26. The Labute approximate surface area is 183 Å². The van der Waals surface area contributed by atoms with Gasteiger partial charge in [-0.2, -0.15) is 15.2 Å². The van der Waals surface area contributed by atoms with Gasteiger partial charge >= 0.3 is 0 Å². The van der Waals surface area contributed by atoms with Crippen LogP contribution in [0.1, 0.15) is 5.56 Å². The minimum Gasteiger partial charge on any atom is -0.398 e. The van der Waals surface area contributed by atoms with E-state index < -0.39 is 0 Å². The molecule has 164 valence electrons. The van der Waals surface area contributed by atoms with Crippen molar-refractivity contribution in [2.45, 2.75) is 13.1 Å². The molecule has 4 heterocycles. The summed E-state index contributed by atoms with van der Waals surface area (Å²) in [7, 11) is 0. The fourth-order valence-electron chi connectivity index (χ4n) is 3.58. The van der Waals surface area contributed by atoms with Crippen molar-refractivity contribution in [2.75, 3.05) is 37.4 Å². The summed E-state index contributed by atoms with van der Waals surface area (Å²) in [6.45, 7) is 3.06. The number of nitrogens with two attached hydrogens (primary N) is 1. The lowest BCUT2D eigenvalue weighted by atomic mass is 10.2. The first-order valence-corrected chi connectivity index (χ1v) is 10.3. The van der Waals surface area contributed by atoms with Gasteiger partial charge in [0.2, 0.25) is 11.9 Å². The lowest BCUT2D eigenvalue weighted by Crippen LogP contribution is -2.42. The molecular weight excluding hydrogens is 410 g/mol. The Morgan fingerprint density at radius 1 is 1.12 bits per heavy atom. The molecule has 0 spiro atoms. The number of aromatic nitrogens is 6. The molecule has 4 aromatic rings. The van der Waals surface area contributed by atoms with Crippen LogP contribution in [0.2, 0.25) is 0 Å². The molecule has 32 heavy (non-hydrogen) atoms. The maximum Gasteiger partial charge on any atom is 0.244 e. The third-order valence-electron chi connectivity index (χ3n) is 5.30. The second-order valence-corrected chi connectivity index (χ2v) is 7.52. The molecule has 1 aliphatic heterocycles.